The van der Waals surface area contributed by atoms with Gasteiger partial charge in [0.1, 0.15) is 22.7 Å². The van der Waals surface area contributed by atoms with Crippen molar-refractivity contribution in [2.45, 2.75) is 49.7 Å². The van der Waals surface area contributed by atoms with E-state index in [4.69, 9.17) is 9.47 Å². The monoisotopic (exact) mass is 384 g/mol. The van der Waals surface area contributed by atoms with Gasteiger partial charge in [-0.15, -0.1) is 0 Å². The predicted molar refractivity (Wildman–Crippen MR) is 101 cm³/mol. The van der Waals surface area contributed by atoms with Crippen LogP contribution in [-0.4, -0.2) is 31.6 Å². The number of hydrogen-bond donors (Lipinski definition) is 4. The molecule has 148 valence electrons. The second-order valence-electron chi connectivity index (χ2n) is 8.84. The first-order chi connectivity index (χ1) is 13.3. The zero-order valence-electron chi connectivity index (χ0n) is 15.5. The lowest BCUT2D eigenvalue weighted by molar-refractivity contribution is -0.177. The van der Waals surface area contributed by atoms with Crippen molar-refractivity contribution in [1.82, 2.24) is 0 Å². The van der Waals surface area contributed by atoms with Gasteiger partial charge in [0, 0.05) is 18.6 Å². The highest BCUT2D eigenvalue weighted by molar-refractivity contribution is 5.45. The summed E-state index contributed by atoms with van der Waals surface area (Å²) in [6.45, 7) is 0. The molecule has 0 aliphatic heterocycles. The molecule has 4 saturated carbocycles. The molecule has 6 nitrogen and oxygen atoms in total. The van der Waals surface area contributed by atoms with Crippen LogP contribution in [0.4, 0.5) is 0 Å². The third kappa shape index (κ3) is 2.87. The van der Waals surface area contributed by atoms with Crippen molar-refractivity contribution in [3.8, 4) is 34.5 Å². The molecule has 0 amide bonds. The van der Waals surface area contributed by atoms with Crippen LogP contribution in [0.15, 0.2) is 36.4 Å². The van der Waals surface area contributed by atoms with Crippen LogP contribution in [-0.2, 0) is 0 Å². The summed E-state index contributed by atoms with van der Waals surface area (Å²) in [7, 11) is 0. The fourth-order valence-corrected chi connectivity index (χ4v) is 5.99. The Morgan fingerprint density at radius 1 is 0.679 bits per heavy atom. The Bertz CT molecular complexity index is 838. The van der Waals surface area contributed by atoms with Gasteiger partial charge in [-0.05, 0) is 68.2 Å². The average Bonchev–Trinajstić information content (AvgIpc) is 2.59. The summed E-state index contributed by atoms with van der Waals surface area (Å²) < 4.78 is 12.7. The van der Waals surface area contributed by atoms with Crippen LogP contribution in [0.2, 0.25) is 0 Å². The molecule has 0 saturated heterocycles. The molecule has 4 bridgehead atoms. The molecule has 2 aromatic rings. The Balaban J connectivity index is 1.45. The lowest BCUT2D eigenvalue weighted by Crippen LogP contribution is -2.63. The third-order valence-corrected chi connectivity index (χ3v) is 6.49. The fourth-order valence-electron chi connectivity index (χ4n) is 5.99. The van der Waals surface area contributed by atoms with Crippen molar-refractivity contribution >= 4 is 0 Å². The van der Waals surface area contributed by atoms with E-state index in [0.29, 0.717) is 29.8 Å². The number of hydrogen-bond acceptors (Lipinski definition) is 6. The van der Waals surface area contributed by atoms with Gasteiger partial charge in [-0.25, -0.2) is 0 Å². The Labute approximate surface area is 163 Å². The topological polar surface area (TPSA) is 99.4 Å². The highest BCUT2D eigenvalue weighted by atomic mass is 16.5. The maximum atomic E-state index is 10.2. The van der Waals surface area contributed by atoms with Gasteiger partial charge in [0.2, 0.25) is 0 Å². The van der Waals surface area contributed by atoms with Gasteiger partial charge < -0.3 is 29.9 Å². The molecule has 4 aliphatic rings. The number of ether oxygens (including phenoxy) is 2. The summed E-state index contributed by atoms with van der Waals surface area (Å²) in [4.78, 5) is 0. The molecule has 4 aliphatic carbocycles. The minimum Gasteiger partial charge on any atom is -0.508 e. The van der Waals surface area contributed by atoms with Crippen molar-refractivity contribution in [2.75, 3.05) is 0 Å². The van der Waals surface area contributed by atoms with Crippen molar-refractivity contribution in [3.05, 3.63) is 36.4 Å². The average molecular weight is 384 g/mol. The van der Waals surface area contributed by atoms with Crippen molar-refractivity contribution in [2.24, 2.45) is 11.8 Å². The van der Waals surface area contributed by atoms with E-state index in [9.17, 15) is 20.4 Å². The molecule has 4 fully saturated rings. The lowest BCUT2D eigenvalue weighted by Gasteiger charge is -2.60. The summed E-state index contributed by atoms with van der Waals surface area (Å²) in [5.74, 6) is 1.56. The van der Waals surface area contributed by atoms with Crippen LogP contribution in [0.3, 0.4) is 0 Å². The molecule has 6 rings (SSSR count). The van der Waals surface area contributed by atoms with E-state index in [0.717, 1.165) is 32.1 Å². The molecular weight excluding hydrogens is 360 g/mol. The highest BCUT2D eigenvalue weighted by Gasteiger charge is 2.60. The smallest absolute Gasteiger partial charge is 0.162 e. The predicted octanol–water partition coefficient (Wildman–Crippen LogP) is 4.06. The van der Waals surface area contributed by atoms with Gasteiger partial charge in [0.15, 0.2) is 23.0 Å². The minimum absolute atomic E-state index is 0.00188. The van der Waals surface area contributed by atoms with Crippen LogP contribution in [0.25, 0.3) is 0 Å². The van der Waals surface area contributed by atoms with Crippen LogP contribution in [0, 0.1) is 11.8 Å². The standard InChI is InChI=1S/C22H24O6/c23-15-1-3-19(17(25)6-15)27-21-8-13-5-14(9-21)11-22(10-13,12-21)28-20-4-2-16(24)7-18(20)26/h1-4,6-7,13-14,23-26H,5,8-12H2. The molecule has 28 heavy (non-hydrogen) atoms. The molecular formula is C22H24O6. The zero-order valence-corrected chi connectivity index (χ0v) is 15.5. The highest BCUT2D eigenvalue weighted by Crippen LogP contribution is 2.60. The van der Waals surface area contributed by atoms with E-state index < -0.39 is 11.2 Å². The van der Waals surface area contributed by atoms with Crippen molar-refractivity contribution in [3.63, 3.8) is 0 Å². The van der Waals surface area contributed by atoms with Crippen LogP contribution in [0.5, 0.6) is 34.5 Å². The molecule has 0 spiro atoms. The van der Waals surface area contributed by atoms with Crippen molar-refractivity contribution < 1.29 is 29.9 Å². The Morgan fingerprint density at radius 2 is 1.11 bits per heavy atom. The molecule has 0 heterocycles. The molecule has 4 N–H and O–H groups in total. The Morgan fingerprint density at radius 3 is 1.50 bits per heavy atom. The summed E-state index contributed by atoms with van der Waals surface area (Å²) in [5.41, 5.74) is -0.851. The van der Waals surface area contributed by atoms with Crippen LogP contribution in [0.1, 0.15) is 38.5 Å². The second kappa shape index (κ2) is 5.87. The van der Waals surface area contributed by atoms with E-state index >= 15 is 0 Å². The van der Waals surface area contributed by atoms with Gasteiger partial charge >= 0.3 is 0 Å². The minimum atomic E-state index is -0.426. The number of benzene rings is 2. The number of phenols is 4. The van der Waals surface area contributed by atoms with Gasteiger partial charge in [0.05, 0.1) is 0 Å². The maximum absolute atomic E-state index is 10.2. The normalized spacial score (nSPS) is 33.0. The van der Waals surface area contributed by atoms with E-state index in [1.54, 1.807) is 12.1 Å². The summed E-state index contributed by atoms with van der Waals surface area (Å²) in [5, 5.41) is 39.4. The SMILES string of the molecule is Oc1ccc(OC23CC4CC(C2)CC(Oc2ccc(O)cc2O)(C4)C3)c(O)c1. The summed E-state index contributed by atoms with van der Waals surface area (Å²) >= 11 is 0. The Kier molecular flexibility index (Phi) is 3.63. The number of rotatable bonds is 4. The second-order valence-corrected chi connectivity index (χ2v) is 8.84. The number of aromatic hydroxyl groups is 4. The van der Waals surface area contributed by atoms with E-state index in [1.807, 2.05) is 0 Å². The quantitative estimate of drug-likeness (QED) is 0.634. The number of phenolic OH excluding ortho intramolecular Hbond substituents is 4. The van der Waals surface area contributed by atoms with Crippen LogP contribution < -0.4 is 9.47 Å². The first-order valence-electron chi connectivity index (χ1n) is 9.76. The van der Waals surface area contributed by atoms with Gasteiger partial charge in [0.25, 0.3) is 0 Å². The first kappa shape index (κ1) is 17.3. The molecule has 0 aromatic heterocycles. The molecule has 0 unspecified atom stereocenters. The maximum Gasteiger partial charge on any atom is 0.162 e. The largest absolute Gasteiger partial charge is 0.508 e. The van der Waals surface area contributed by atoms with Gasteiger partial charge in [-0.3, -0.25) is 0 Å². The van der Waals surface area contributed by atoms with E-state index in [2.05, 4.69) is 0 Å². The van der Waals surface area contributed by atoms with Gasteiger partial charge in [-0.1, -0.05) is 0 Å². The third-order valence-electron chi connectivity index (χ3n) is 6.49. The first-order valence-corrected chi connectivity index (χ1v) is 9.76. The molecule has 0 atom stereocenters. The Hall–Kier alpha value is -2.76. The van der Waals surface area contributed by atoms with E-state index in [-0.39, 0.29) is 23.0 Å². The lowest BCUT2D eigenvalue weighted by atomic mass is 9.52. The molecule has 0 radical (unpaired) electrons. The van der Waals surface area contributed by atoms with Gasteiger partial charge in [-0.2, -0.15) is 0 Å². The van der Waals surface area contributed by atoms with E-state index in [1.165, 1.54) is 24.3 Å². The molecule has 6 heteroatoms. The zero-order chi connectivity index (χ0) is 19.5. The van der Waals surface area contributed by atoms with Crippen molar-refractivity contribution in [1.29, 1.82) is 0 Å². The molecule has 2 aromatic carbocycles. The summed E-state index contributed by atoms with van der Waals surface area (Å²) in [6.07, 6.45) is 5.48. The van der Waals surface area contributed by atoms with Crippen LogP contribution >= 0.6 is 0 Å². The fraction of sp³-hybridized carbons (Fsp3) is 0.455. The summed E-state index contributed by atoms with van der Waals surface area (Å²) in [6, 6.07) is 8.80.